The highest BCUT2D eigenvalue weighted by Crippen LogP contribution is 2.22. The second-order valence-electron chi connectivity index (χ2n) is 6.65. The van der Waals surface area contributed by atoms with E-state index in [2.05, 4.69) is 5.32 Å². The van der Waals surface area contributed by atoms with Crippen LogP contribution in [-0.2, 0) is 14.8 Å². The number of methoxy groups -OCH3 is 1. The van der Waals surface area contributed by atoms with Gasteiger partial charge in [0, 0.05) is 25.4 Å². The molecule has 1 amide bonds. The molecular formula is C23H24N2O5S. The summed E-state index contributed by atoms with van der Waals surface area (Å²) in [5.41, 5.74) is 1.50. The van der Waals surface area contributed by atoms with E-state index in [4.69, 9.17) is 9.47 Å². The van der Waals surface area contributed by atoms with E-state index in [9.17, 15) is 13.2 Å². The minimum Gasteiger partial charge on any atom is -0.491 e. The Kier molecular flexibility index (Phi) is 7.28. The van der Waals surface area contributed by atoms with E-state index < -0.39 is 10.0 Å². The van der Waals surface area contributed by atoms with Gasteiger partial charge in [-0.1, -0.05) is 18.2 Å². The van der Waals surface area contributed by atoms with Crippen LogP contribution in [0.4, 0.5) is 11.4 Å². The Hall–Kier alpha value is -3.36. The maximum absolute atomic E-state index is 12.8. The molecule has 0 aliphatic carbocycles. The van der Waals surface area contributed by atoms with Gasteiger partial charge < -0.3 is 14.8 Å². The van der Waals surface area contributed by atoms with Crippen molar-refractivity contribution in [2.45, 2.75) is 4.90 Å². The molecule has 7 nitrogen and oxygen atoms in total. The van der Waals surface area contributed by atoms with Gasteiger partial charge in [0.1, 0.15) is 12.4 Å². The van der Waals surface area contributed by atoms with Crippen LogP contribution in [0, 0.1) is 0 Å². The zero-order valence-corrected chi connectivity index (χ0v) is 18.1. The average molecular weight is 441 g/mol. The van der Waals surface area contributed by atoms with Crippen LogP contribution in [0.3, 0.4) is 0 Å². The number of carbonyl (C=O) groups is 1. The van der Waals surface area contributed by atoms with Crippen LogP contribution in [0.2, 0.25) is 0 Å². The van der Waals surface area contributed by atoms with Gasteiger partial charge in [-0.05, 0) is 60.7 Å². The van der Waals surface area contributed by atoms with Gasteiger partial charge in [0.25, 0.3) is 15.9 Å². The van der Waals surface area contributed by atoms with Crippen molar-refractivity contribution in [3.63, 3.8) is 0 Å². The summed E-state index contributed by atoms with van der Waals surface area (Å²) in [6, 6.07) is 21.6. The minimum absolute atomic E-state index is 0.105. The van der Waals surface area contributed by atoms with Gasteiger partial charge >= 0.3 is 0 Å². The first-order chi connectivity index (χ1) is 14.9. The highest BCUT2D eigenvalue weighted by molar-refractivity contribution is 7.92. The van der Waals surface area contributed by atoms with Crippen LogP contribution < -0.4 is 14.4 Å². The molecule has 3 aromatic rings. The third-order valence-corrected chi connectivity index (χ3v) is 6.36. The lowest BCUT2D eigenvalue weighted by molar-refractivity contribution is 0.102. The van der Waals surface area contributed by atoms with E-state index in [1.54, 1.807) is 55.6 Å². The molecule has 162 valence electrons. The Morgan fingerprint density at radius 1 is 0.903 bits per heavy atom. The van der Waals surface area contributed by atoms with Crippen molar-refractivity contribution in [3.8, 4) is 5.75 Å². The van der Waals surface area contributed by atoms with Gasteiger partial charge in [0.15, 0.2) is 0 Å². The summed E-state index contributed by atoms with van der Waals surface area (Å²) in [4.78, 5) is 12.6. The number of ether oxygens (including phenoxy) is 2. The van der Waals surface area contributed by atoms with Gasteiger partial charge in [-0.3, -0.25) is 9.10 Å². The maximum Gasteiger partial charge on any atom is 0.264 e. The zero-order valence-electron chi connectivity index (χ0n) is 17.3. The summed E-state index contributed by atoms with van der Waals surface area (Å²) >= 11 is 0. The molecule has 0 bridgehead atoms. The molecule has 3 aromatic carbocycles. The molecule has 1 N–H and O–H groups in total. The van der Waals surface area contributed by atoms with Gasteiger partial charge in [0.2, 0.25) is 0 Å². The number of amides is 1. The molecule has 0 radical (unpaired) electrons. The monoisotopic (exact) mass is 440 g/mol. The summed E-state index contributed by atoms with van der Waals surface area (Å²) in [6.07, 6.45) is 0. The molecule has 0 aromatic heterocycles. The lowest BCUT2D eigenvalue weighted by Gasteiger charge is -2.19. The van der Waals surface area contributed by atoms with Crippen LogP contribution in [0.25, 0.3) is 0 Å². The lowest BCUT2D eigenvalue weighted by atomic mass is 10.2. The normalized spacial score (nSPS) is 11.0. The summed E-state index contributed by atoms with van der Waals surface area (Å²) in [7, 11) is -0.632. The van der Waals surface area contributed by atoms with Crippen LogP contribution in [-0.4, -0.2) is 41.7 Å². The van der Waals surface area contributed by atoms with E-state index in [-0.39, 0.29) is 10.8 Å². The molecule has 0 unspecified atom stereocenters. The molecule has 0 aliphatic rings. The standard InChI is InChI=1S/C23H24N2O5S/c1-25(20-6-4-3-5-7-20)31(27,28)22-14-8-18(9-15-22)23(26)24-19-10-12-21(13-11-19)30-17-16-29-2/h3-15H,16-17H2,1-2H3,(H,24,26). The first-order valence-corrected chi connectivity index (χ1v) is 11.0. The third kappa shape index (κ3) is 5.62. The molecule has 3 rings (SSSR count). The average Bonchev–Trinajstić information content (AvgIpc) is 2.80. The predicted octanol–water partition coefficient (Wildman–Crippen LogP) is 3.79. The number of para-hydroxylation sites is 1. The zero-order chi connectivity index (χ0) is 22.3. The van der Waals surface area contributed by atoms with E-state index in [0.717, 1.165) is 0 Å². The maximum atomic E-state index is 12.8. The number of hydrogen-bond acceptors (Lipinski definition) is 5. The molecule has 0 spiro atoms. The summed E-state index contributed by atoms with van der Waals surface area (Å²) < 4.78 is 37.3. The van der Waals surface area contributed by atoms with Crippen molar-refractivity contribution in [1.82, 2.24) is 0 Å². The Morgan fingerprint density at radius 2 is 1.55 bits per heavy atom. The quantitative estimate of drug-likeness (QED) is 0.512. The van der Waals surface area contributed by atoms with Crippen molar-refractivity contribution in [2.24, 2.45) is 0 Å². The van der Waals surface area contributed by atoms with E-state index in [1.165, 1.54) is 35.6 Å². The number of sulfonamides is 1. The molecule has 0 saturated carbocycles. The molecule has 0 aliphatic heterocycles. The third-order valence-electron chi connectivity index (χ3n) is 4.56. The molecular weight excluding hydrogens is 416 g/mol. The topological polar surface area (TPSA) is 84.9 Å². The van der Waals surface area contributed by atoms with Crippen molar-refractivity contribution in [3.05, 3.63) is 84.4 Å². The molecule has 0 heterocycles. The second kappa shape index (κ2) is 10.1. The van der Waals surface area contributed by atoms with Gasteiger partial charge in [0.05, 0.1) is 17.2 Å². The first-order valence-electron chi connectivity index (χ1n) is 9.59. The predicted molar refractivity (Wildman–Crippen MR) is 120 cm³/mol. The summed E-state index contributed by atoms with van der Waals surface area (Å²) in [5, 5.41) is 2.78. The highest BCUT2D eigenvalue weighted by Gasteiger charge is 2.21. The van der Waals surface area contributed by atoms with Gasteiger partial charge in [-0.25, -0.2) is 8.42 Å². The second-order valence-corrected chi connectivity index (χ2v) is 8.62. The number of carbonyl (C=O) groups excluding carboxylic acids is 1. The Bertz CT molecular complexity index is 1100. The SMILES string of the molecule is COCCOc1ccc(NC(=O)c2ccc(S(=O)(=O)N(C)c3ccccc3)cc2)cc1. The molecule has 0 fully saturated rings. The molecule has 31 heavy (non-hydrogen) atoms. The molecule has 8 heteroatoms. The lowest BCUT2D eigenvalue weighted by Crippen LogP contribution is -2.26. The number of hydrogen-bond donors (Lipinski definition) is 1. The van der Waals surface area contributed by atoms with E-state index >= 15 is 0 Å². The van der Waals surface area contributed by atoms with Crippen LogP contribution in [0.15, 0.2) is 83.8 Å². The number of nitrogens with zero attached hydrogens (tertiary/aromatic N) is 1. The van der Waals surface area contributed by atoms with Gasteiger partial charge in [-0.2, -0.15) is 0 Å². The number of nitrogens with one attached hydrogen (secondary N) is 1. The molecule has 0 saturated heterocycles. The van der Waals surface area contributed by atoms with Crippen LogP contribution in [0.5, 0.6) is 5.75 Å². The van der Waals surface area contributed by atoms with Crippen LogP contribution in [0.1, 0.15) is 10.4 Å². The first kappa shape index (κ1) is 22.3. The Balaban J connectivity index is 1.66. The van der Waals surface area contributed by atoms with Gasteiger partial charge in [-0.15, -0.1) is 0 Å². The largest absolute Gasteiger partial charge is 0.491 e. The van der Waals surface area contributed by atoms with Crippen molar-refractivity contribution >= 4 is 27.3 Å². The van der Waals surface area contributed by atoms with E-state index in [1.807, 2.05) is 6.07 Å². The van der Waals surface area contributed by atoms with Crippen molar-refractivity contribution in [2.75, 3.05) is 37.0 Å². The van der Waals surface area contributed by atoms with E-state index in [0.29, 0.717) is 35.9 Å². The summed E-state index contributed by atoms with van der Waals surface area (Å²) in [5.74, 6) is 0.334. The van der Waals surface area contributed by atoms with Crippen molar-refractivity contribution < 1.29 is 22.7 Å². The fourth-order valence-electron chi connectivity index (χ4n) is 2.79. The number of rotatable bonds is 9. The number of anilines is 2. The fraction of sp³-hybridized carbons (Fsp3) is 0.174. The van der Waals surface area contributed by atoms with Crippen LogP contribution >= 0.6 is 0 Å². The fourth-order valence-corrected chi connectivity index (χ4v) is 3.99. The number of benzene rings is 3. The highest BCUT2D eigenvalue weighted by atomic mass is 32.2. The smallest absolute Gasteiger partial charge is 0.264 e. The Labute approximate surface area is 182 Å². The summed E-state index contributed by atoms with van der Waals surface area (Å²) in [6.45, 7) is 0.933. The Morgan fingerprint density at radius 3 is 2.16 bits per heavy atom. The molecule has 0 atom stereocenters. The van der Waals surface area contributed by atoms with Crippen molar-refractivity contribution in [1.29, 1.82) is 0 Å². The minimum atomic E-state index is -3.73.